The van der Waals surface area contributed by atoms with Gasteiger partial charge in [-0.15, -0.1) is 0 Å². The lowest BCUT2D eigenvalue weighted by Crippen LogP contribution is -2.16. The zero-order chi connectivity index (χ0) is 25.3. The maximum absolute atomic E-state index is 15.3. The number of hydrogen-bond acceptors (Lipinski definition) is 6. The van der Waals surface area contributed by atoms with Crippen LogP contribution in [0.4, 0.5) is 23.4 Å². The summed E-state index contributed by atoms with van der Waals surface area (Å²) in [5, 5.41) is 3.29. The van der Waals surface area contributed by atoms with Gasteiger partial charge in [-0.3, -0.25) is 0 Å². The highest BCUT2D eigenvalue weighted by Crippen LogP contribution is 2.39. The summed E-state index contributed by atoms with van der Waals surface area (Å²) >= 11 is 0. The molecule has 0 amide bonds. The van der Waals surface area contributed by atoms with Crippen molar-refractivity contribution in [2.75, 3.05) is 25.6 Å². The van der Waals surface area contributed by atoms with Crippen LogP contribution in [-0.4, -0.2) is 36.4 Å². The van der Waals surface area contributed by atoms with Gasteiger partial charge in [0.15, 0.2) is 17.3 Å². The van der Waals surface area contributed by atoms with E-state index >= 15 is 4.39 Å². The van der Waals surface area contributed by atoms with Crippen molar-refractivity contribution in [3.05, 3.63) is 52.9 Å². The summed E-state index contributed by atoms with van der Waals surface area (Å²) < 4.78 is 74.4. The van der Waals surface area contributed by atoms with E-state index in [-0.39, 0.29) is 52.3 Å². The molecule has 4 rings (SSSR count). The fourth-order valence-electron chi connectivity index (χ4n) is 3.81. The Balaban J connectivity index is 1.69. The lowest BCUT2D eigenvalue weighted by atomic mass is 10.0. The molecule has 1 aromatic heterocycles. The largest absolute Gasteiger partial charge is 0.490 e. The van der Waals surface area contributed by atoms with Gasteiger partial charge >= 0.3 is 0 Å². The first-order valence-corrected chi connectivity index (χ1v) is 11.3. The number of anilines is 1. The van der Waals surface area contributed by atoms with E-state index in [9.17, 15) is 13.2 Å². The smallest absolute Gasteiger partial charge is 0.273 e. The summed E-state index contributed by atoms with van der Waals surface area (Å²) in [5.41, 5.74) is -0.691. The van der Waals surface area contributed by atoms with Crippen LogP contribution in [-0.2, 0) is 10.7 Å². The normalized spacial score (nSPS) is 14.7. The Kier molecular flexibility index (Phi) is 7.02. The first-order chi connectivity index (χ1) is 16.6. The molecule has 0 radical (unpaired) electrons. The molecule has 1 aliphatic rings. The van der Waals surface area contributed by atoms with Gasteiger partial charge in [0.2, 0.25) is 0 Å². The molecule has 188 valence electrons. The SMILES string of the molecule is COc1c(OCCOC2CC2)cc2c(N[C@H](C)c3cccc(C(C)(F)F)c3F)nc(C)nc2c1F. The van der Waals surface area contributed by atoms with Crippen molar-refractivity contribution in [1.82, 2.24) is 9.97 Å². The lowest BCUT2D eigenvalue weighted by molar-refractivity contribution is 0.0136. The zero-order valence-electron chi connectivity index (χ0n) is 19.9. The van der Waals surface area contributed by atoms with Gasteiger partial charge in [0.1, 0.15) is 29.6 Å². The second kappa shape index (κ2) is 9.85. The molecule has 2 aromatic carbocycles. The number of nitrogens with zero attached hydrogens (tertiary/aromatic N) is 2. The Morgan fingerprint density at radius 2 is 1.89 bits per heavy atom. The van der Waals surface area contributed by atoms with Crippen molar-refractivity contribution in [1.29, 1.82) is 0 Å². The standard InChI is InChI=1S/C25H27F4N3O3/c1-13(16-6-5-7-18(20(16)26)25(3,28)29)30-24-17-12-19(35-11-10-34-15-8-9-15)23(33-4)21(27)22(17)31-14(2)32-24/h5-7,12-13,15H,8-11H2,1-4H3,(H,30,31,32)/t13-/m1/s1. The van der Waals surface area contributed by atoms with Crippen LogP contribution in [0.25, 0.3) is 10.9 Å². The third-order valence-corrected chi connectivity index (χ3v) is 5.71. The molecule has 1 heterocycles. The lowest BCUT2D eigenvalue weighted by Gasteiger charge is -2.21. The summed E-state index contributed by atoms with van der Waals surface area (Å²) in [4.78, 5) is 8.55. The number of aryl methyl sites for hydroxylation is 1. The number of nitrogens with one attached hydrogen (secondary N) is 1. The van der Waals surface area contributed by atoms with Gasteiger partial charge in [0, 0.05) is 17.9 Å². The zero-order valence-corrected chi connectivity index (χ0v) is 19.9. The van der Waals surface area contributed by atoms with Crippen LogP contribution in [0.1, 0.15) is 49.7 Å². The molecule has 6 nitrogen and oxygen atoms in total. The molecule has 0 bridgehead atoms. The van der Waals surface area contributed by atoms with Crippen LogP contribution >= 0.6 is 0 Å². The number of hydrogen-bond donors (Lipinski definition) is 1. The molecular weight excluding hydrogens is 466 g/mol. The van der Waals surface area contributed by atoms with Crippen molar-refractivity contribution in [2.45, 2.75) is 51.7 Å². The van der Waals surface area contributed by atoms with Gasteiger partial charge in [-0.05, 0) is 32.8 Å². The van der Waals surface area contributed by atoms with E-state index < -0.39 is 29.2 Å². The molecule has 1 atom stereocenters. The molecule has 0 saturated heterocycles. The van der Waals surface area contributed by atoms with Crippen molar-refractivity contribution in [3.8, 4) is 11.5 Å². The Morgan fingerprint density at radius 3 is 2.54 bits per heavy atom. The summed E-state index contributed by atoms with van der Waals surface area (Å²) in [6.07, 6.45) is 2.31. The quantitative estimate of drug-likeness (QED) is 0.273. The Bertz CT molecular complexity index is 1230. The number of halogens is 4. The molecule has 0 unspecified atom stereocenters. The topological polar surface area (TPSA) is 65.5 Å². The minimum atomic E-state index is -3.34. The van der Waals surface area contributed by atoms with Gasteiger partial charge in [-0.2, -0.15) is 0 Å². The number of ether oxygens (including phenoxy) is 3. The molecule has 35 heavy (non-hydrogen) atoms. The third kappa shape index (κ3) is 5.42. The van der Waals surface area contributed by atoms with Crippen LogP contribution in [0.15, 0.2) is 24.3 Å². The average molecular weight is 494 g/mol. The maximum atomic E-state index is 15.3. The van der Waals surface area contributed by atoms with E-state index in [0.717, 1.165) is 18.9 Å². The number of aromatic nitrogens is 2. The van der Waals surface area contributed by atoms with Gasteiger partial charge in [0.25, 0.3) is 5.92 Å². The molecule has 3 aromatic rings. The summed E-state index contributed by atoms with van der Waals surface area (Å²) in [5.74, 6) is -4.59. The number of methoxy groups -OCH3 is 1. The van der Waals surface area contributed by atoms with Gasteiger partial charge in [-0.25, -0.2) is 27.5 Å². The molecule has 1 aliphatic carbocycles. The van der Waals surface area contributed by atoms with Crippen LogP contribution in [0.2, 0.25) is 0 Å². The second-order valence-electron chi connectivity index (χ2n) is 8.62. The average Bonchev–Trinajstić information content (AvgIpc) is 3.61. The Hall–Kier alpha value is -3.14. The number of fused-ring (bicyclic) bond motifs is 1. The highest BCUT2D eigenvalue weighted by atomic mass is 19.3. The van der Waals surface area contributed by atoms with E-state index in [4.69, 9.17) is 14.2 Å². The van der Waals surface area contributed by atoms with E-state index in [1.54, 1.807) is 13.8 Å². The van der Waals surface area contributed by atoms with Gasteiger partial charge in [-0.1, -0.05) is 18.2 Å². The number of rotatable bonds is 10. The van der Waals surface area contributed by atoms with E-state index in [1.165, 1.54) is 25.3 Å². The first kappa shape index (κ1) is 25.0. The molecule has 1 N–H and O–H groups in total. The highest BCUT2D eigenvalue weighted by Gasteiger charge is 2.30. The second-order valence-corrected chi connectivity index (χ2v) is 8.62. The minimum Gasteiger partial charge on any atom is -0.490 e. The number of benzene rings is 2. The van der Waals surface area contributed by atoms with Gasteiger partial charge in [0.05, 0.1) is 31.4 Å². The van der Waals surface area contributed by atoms with E-state index in [2.05, 4.69) is 15.3 Å². The van der Waals surface area contributed by atoms with Crippen molar-refractivity contribution in [2.24, 2.45) is 0 Å². The molecule has 0 spiro atoms. The van der Waals surface area contributed by atoms with E-state index in [0.29, 0.717) is 13.5 Å². The summed E-state index contributed by atoms with van der Waals surface area (Å²) in [6, 6.07) is 4.60. The van der Waals surface area contributed by atoms with Crippen LogP contribution in [0.5, 0.6) is 11.5 Å². The molecular formula is C25H27F4N3O3. The minimum absolute atomic E-state index is 0.0139. The van der Waals surface area contributed by atoms with Crippen molar-refractivity contribution < 1.29 is 31.8 Å². The van der Waals surface area contributed by atoms with E-state index in [1.807, 2.05) is 0 Å². The van der Waals surface area contributed by atoms with Crippen LogP contribution < -0.4 is 14.8 Å². The number of alkyl halides is 2. The summed E-state index contributed by atoms with van der Waals surface area (Å²) in [6.45, 7) is 4.36. The molecule has 1 saturated carbocycles. The van der Waals surface area contributed by atoms with Crippen LogP contribution in [0, 0.1) is 18.6 Å². The van der Waals surface area contributed by atoms with Gasteiger partial charge < -0.3 is 19.5 Å². The fraction of sp³-hybridized carbons (Fsp3) is 0.440. The Labute approximate surface area is 200 Å². The Morgan fingerprint density at radius 1 is 1.14 bits per heavy atom. The predicted molar refractivity (Wildman–Crippen MR) is 123 cm³/mol. The predicted octanol–water partition coefficient (Wildman–Crippen LogP) is 6.07. The maximum Gasteiger partial charge on any atom is 0.273 e. The monoisotopic (exact) mass is 493 g/mol. The molecule has 0 aliphatic heterocycles. The third-order valence-electron chi connectivity index (χ3n) is 5.71. The molecule has 1 fully saturated rings. The van der Waals surface area contributed by atoms with Crippen LogP contribution in [0.3, 0.4) is 0 Å². The van der Waals surface area contributed by atoms with Crippen molar-refractivity contribution >= 4 is 16.7 Å². The summed E-state index contributed by atoms with van der Waals surface area (Å²) in [7, 11) is 1.33. The highest BCUT2D eigenvalue weighted by molar-refractivity contribution is 5.92. The van der Waals surface area contributed by atoms with Crippen molar-refractivity contribution in [3.63, 3.8) is 0 Å². The molecule has 10 heteroatoms. The first-order valence-electron chi connectivity index (χ1n) is 11.3. The fourth-order valence-corrected chi connectivity index (χ4v) is 3.81.